The molecule has 0 amide bonds. The van der Waals surface area contributed by atoms with Gasteiger partial charge >= 0.3 is 0 Å². The van der Waals surface area contributed by atoms with Gasteiger partial charge < -0.3 is 15.5 Å². The van der Waals surface area contributed by atoms with Crippen LogP contribution in [0.25, 0.3) is 27.7 Å². The van der Waals surface area contributed by atoms with Crippen molar-refractivity contribution in [3.8, 4) is 16.8 Å². The predicted octanol–water partition coefficient (Wildman–Crippen LogP) is 4.84. The molecule has 8 nitrogen and oxygen atoms in total. The zero-order valence-electron chi connectivity index (χ0n) is 17.6. The van der Waals surface area contributed by atoms with Crippen molar-refractivity contribution < 1.29 is 4.42 Å². The number of furan rings is 1. The van der Waals surface area contributed by atoms with Crippen molar-refractivity contribution in [2.75, 3.05) is 11.1 Å². The predicted molar refractivity (Wildman–Crippen MR) is 129 cm³/mol. The monoisotopic (exact) mass is 458 g/mol. The average Bonchev–Trinajstić information content (AvgIpc) is 3.34. The molecule has 3 N–H and O–H groups in total. The third kappa shape index (κ3) is 3.81. The largest absolute Gasteiger partial charge is 0.472 e. The number of anilines is 2. The quantitative estimate of drug-likeness (QED) is 0.387. The Kier molecular flexibility index (Phi) is 5.27. The molecule has 5 rings (SSSR count). The highest BCUT2D eigenvalue weighted by molar-refractivity contribution is 6.35. The summed E-state index contributed by atoms with van der Waals surface area (Å²) in [5.41, 5.74) is 8.31. The van der Waals surface area contributed by atoms with Gasteiger partial charge in [-0.3, -0.25) is 9.36 Å². The van der Waals surface area contributed by atoms with Crippen LogP contribution in [-0.2, 0) is 0 Å². The molecule has 0 aliphatic rings. The molecule has 0 fully saturated rings. The van der Waals surface area contributed by atoms with Crippen molar-refractivity contribution in [1.82, 2.24) is 19.5 Å². The molecule has 0 bridgehead atoms. The van der Waals surface area contributed by atoms with E-state index in [0.29, 0.717) is 38.8 Å². The maximum Gasteiger partial charge on any atom is 0.267 e. The maximum absolute atomic E-state index is 13.6. The number of rotatable bonds is 5. The van der Waals surface area contributed by atoms with E-state index in [1.165, 1.54) is 0 Å². The number of nitrogens with two attached hydrogens (primary N) is 1. The molecule has 0 unspecified atom stereocenters. The zero-order valence-corrected chi connectivity index (χ0v) is 18.3. The first kappa shape index (κ1) is 20.7. The number of aromatic nitrogens is 4. The van der Waals surface area contributed by atoms with E-state index in [2.05, 4.69) is 15.3 Å². The Labute approximate surface area is 193 Å². The van der Waals surface area contributed by atoms with Crippen LogP contribution in [0.5, 0.6) is 0 Å². The van der Waals surface area contributed by atoms with Gasteiger partial charge in [0.25, 0.3) is 5.56 Å². The molecule has 1 atom stereocenters. The van der Waals surface area contributed by atoms with Gasteiger partial charge in [0.2, 0.25) is 5.95 Å². The van der Waals surface area contributed by atoms with Crippen molar-refractivity contribution in [2.45, 2.75) is 13.0 Å². The highest BCUT2D eigenvalue weighted by Gasteiger charge is 2.21. The van der Waals surface area contributed by atoms with Crippen molar-refractivity contribution in [3.63, 3.8) is 0 Å². The van der Waals surface area contributed by atoms with Gasteiger partial charge in [-0.15, -0.1) is 0 Å². The molecule has 2 aromatic carbocycles. The smallest absolute Gasteiger partial charge is 0.267 e. The van der Waals surface area contributed by atoms with Crippen LogP contribution in [0.15, 0.2) is 82.5 Å². The lowest BCUT2D eigenvalue weighted by molar-refractivity contribution is 0.568. The van der Waals surface area contributed by atoms with Crippen molar-refractivity contribution in [1.29, 1.82) is 0 Å². The van der Waals surface area contributed by atoms with E-state index in [0.717, 1.165) is 5.56 Å². The van der Waals surface area contributed by atoms with Gasteiger partial charge in [0.1, 0.15) is 11.6 Å². The lowest BCUT2D eigenvalue weighted by Gasteiger charge is -2.21. The number of nitrogens with one attached hydrogen (secondary N) is 1. The molecular formula is C24H19ClN6O2. The fourth-order valence-corrected chi connectivity index (χ4v) is 3.98. The SMILES string of the molecule is C[C@@H](Nc1nc(N)ncc1-c1ccoc1)c1nc2cccc(Cl)c2c(=O)n1-c1ccccc1. The molecule has 0 aliphatic carbocycles. The second-order valence-corrected chi connectivity index (χ2v) is 7.86. The topological polar surface area (TPSA) is 112 Å². The van der Waals surface area contributed by atoms with Crippen LogP contribution in [-0.4, -0.2) is 19.5 Å². The summed E-state index contributed by atoms with van der Waals surface area (Å²) in [6, 6.07) is 15.9. The number of hydrogen-bond acceptors (Lipinski definition) is 7. The van der Waals surface area contributed by atoms with Gasteiger partial charge in [0, 0.05) is 17.3 Å². The van der Waals surface area contributed by atoms with E-state index in [1.807, 2.05) is 37.3 Å². The number of fused-ring (bicyclic) bond motifs is 1. The number of halogens is 1. The van der Waals surface area contributed by atoms with Crippen molar-refractivity contribution in [3.05, 3.63) is 94.5 Å². The minimum absolute atomic E-state index is 0.121. The van der Waals surface area contributed by atoms with Crippen LogP contribution in [0.1, 0.15) is 18.8 Å². The Balaban J connectivity index is 1.68. The highest BCUT2D eigenvalue weighted by Crippen LogP contribution is 2.30. The van der Waals surface area contributed by atoms with Crippen molar-refractivity contribution in [2.24, 2.45) is 0 Å². The minimum Gasteiger partial charge on any atom is -0.472 e. The average molecular weight is 459 g/mol. The number of hydrogen-bond donors (Lipinski definition) is 2. The Bertz CT molecular complexity index is 1500. The molecule has 164 valence electrons. The van der Waals surface area contributed by atoms with Gasteiger partial charge in [-0.25, -0.2) is 9.97 Å². The van der Waals surface area contributed by atoms with E-state index in [9.17, 15) is 4.79 Å². The van der Waals surface area contributed by atoms with Gasteiger partial charge in [-0.05, 0) is 37.3 Å². The fraction of sp³-hybridized carbons (Fsp3) is 0.0833. The summed E-state index contributed by atoms with van der Waals surface area (Å²) in [7, 11) is 0. The second-order valence-electron chi connectivity index (χ2n) is 7.45. The van der Waals surface area contributed by atoms with E-state index in [-0.39, 0.29) is 11.5 Å². The van der Waals surface area contributed by atoms with Gasteiger partial charge in [0.05, 0.1) is 40.2 Å². The first-order valence-corrected chi connectivity index (χ1v) is 10.6. The summed E-state index contributed by atoms with van der Waals surface area (Å²) in [5, 5.41) is 4.06. The van der Waals surface area contributed by atoms with E-state index >= 15 is 0 Å². The summed E-state index contributed by atoms with van der Waals surface area (Å²) in [6.45, 7) is 1.90. The lowest BCUT2D eigenvalue weighted by Crippen LogP contribution is -2.27. The second kappa shape index (κ2) is 8.40. The first-order valence-electron chi connectivity index (χ1n) is 10.2. The van der Waals surface area contributed by atoms with Crippen LogP contribution < -0.4 is 16.6 Å². The first-order chi connectivity index (χ1) is 16.0. The standard InChI is InChI=1S/C24H19ClN6O2/c1-14(28-21-17(12-27-24(26)30-21)15-10-11-33-13-15)22-29-19-9-5-8-18(25)20(19)23(32)31(22)16-6-3-2-4-7-16/h2-14H,1H3,(H3,26,27,28,30)/t14-/m1/s1. The van der Waals surface area contributed by atoms with Crippen LogP contribution in [0, 0.1) is 0 Å². The third-order valence-electron chi connectivity index (χ3n) is 5.27. The van der Waals surface area contributed by atoms with Crippen LogP contribution >= 0.6 is 11.6 Å². The zero-order chi connectivity index (χ0) is 22.9. The normalized spacial score (nSPS) is 12.1. The maximum atomic E-state index is 13.6. The Hall–Kier alpha value is -4.17. The fourth-order valence-electron chi connectivity index (χ4n) is 3.73. The van der Waals surface area contributed by atoms with Crippen LogP contribution in [0.4, 0.5) is 11.8 Å². The molecule has 3 heterocycles. The summed E-state index contributed by atoms with van der Waals surface area (Å²) in [4.78, 5) is 26.9. The molecule has 5 aromatic rings. The molecule has 0 spiro atoms. The van der Waals surface area contributed by atoms with E-state index < -0.39 is 6.04 Å². The number of benzene rings is 2. The number of para-hydroxylation sites is 1. The lowest BCUT2D eigenvalue weighted by atomic mass is 10.1. The van der Waals surface area contributed by atoms with Crippen LogP contribution in [0.2, 0.25) is 5.02 Å². The third-order valence-corrected chi connectivity index (χ3v) is 5.58. The summed E-state index contributed by atoms with van der Waals surface area (Å²) >= 11 is 6.37. The molecule has 0 aliphatic heterocycles. The molecule has 3 aromatic heterocycles. The summed E-state index contributed by atoms with van der Waals surface area (Å²) in [5.74, 6) is 1.11. The van der Waals surface area contributed by atoms with Gasteiger partial charge in [-0.1, -0.05) is 35.9 Å². The Morgan fingerprint density at radius 3 is 2.67 bits per heavy atom. The van der Waals surface area contributed by atoms with Crippen molar-refractivity contribution >= 4 is 34.3 Å². The molecular weight excluding hydrogens is 440 g/mol. The molecule has 0 saturated carbocycles. The molecule has 0 saturated heterocycles. The van der Waals surface area contributed by atoms with Gasteiger partial charge in [-0.2, -0.15) is 4.98 Å². The van der Waals surface area contributed by atoms with Gasteiger partial charge in [0.15, 0.2) is 0 Å². The molecule has 33 heavy (non-hydrogen) atoms. The Morgan fingerprint density at radius 1 is 1.09 bits per heavy atom. The van der Waals surface area contributed by atoms with Crippen LogP contribution in [0.3, 0.4) is 0 Å². The van der Waals surface area contributed by atoms with E-state index in [1.54, 1.807) is 47.6 Å². The summed E-state index contributed by atoms with van der Waals surface area (Å²) in [6.07, 6.45) is 4.79. The summed E-state index contributed by atoms with van der Waals surface area (Å²) < 4.78 is 6.77. The Morgan fingerprint density at radius 2 is 1.91 bits per heavy atom. The number of nitrogens with zero attached hydrogens (tertiary/aromatic N) is 4. The highest BCUT2D eigenvalue weighted by atomic mass is 35.5. The minimum atomic E-state index is -0.429. The number of nitrogen functional groups attached to an aromatic ring is 1. The molecule has 0 radical (unpaired) electrons. The molecule has 9 heteroatoms. The van der Waals surface area contributed by atoms with E-state index in [4.69, 9.17) is 26.7 Å².